The number of ether oxygens (including phenoxy) is 1. The Morgan fingerprint density at radius 2 is 2.03 bits per heavy atom. The number of hydrogen-bond donors (Lipinski definition) is 1. The van der Waals surface area contributed by atoms with Crippen molar-refractivity contribution in [1.82, 2.24) is 14.8 Å². The number of carbonyl (C=O) groups is 1. The SMILES string of the molecule is Cc1nn(CC(=O)Nc2nc(-c3ccc(OC(F)F)cc3)cs2)c(C)c1[N+](=O)[O-]. The van der Waals surface area contributed by atoms with Gasteiger partial charge in [0.05, 0.1) is 10.6 Å². The van der Waals surface area contributed by atoms with Crippen molar-refractivity contribution in [2.24, 2.45) is 0 Å². The van der Waals surface area contributed by atoms with Gasteiger partial charge in [-0.3, -0.25) is 19.6 Å². The third-order valence-electron chi connectivity index (χ3n) is 3.95. The molecule has 9 nitrogen and oxygen atoms in total. The lowest BCUT2D eigenvalue weighted by Gasteiger charge is -2.05. The number of nitrogens with zero attached hydrogens (tertiary/aromatic N) is 4. The van der Waals surface area contributed by atoms with Gasteiger partial charge in [-0.25, -0.2) is 4.98 Å². The number of aromatic nitrogens is 3. The quantitative estimate of drug-likeness (QED) is 0.457. The summed E-state index contributed by atoms with van der Waals surface area (Å²) < 4.78 is 30.0. The number of amides is 1. The molecule has 0 atom stereocenters. The number of nitrogens with one attached hydrogen (secondary N) is 1. The Kier molecular flexibility index (Phi) is 5.82. The normalized spacial score (nSPS) is 10.9. The van der Waals surface area contributed by atoms with Crippen molar-refractivity contribution in [3.8, 4) is 17.0 Å². The highest BCUT2D eigenvalue weighted by atomic mass is 32.1. The molecule has 0 saturated heterocycles. The molecule has 1 amide bonds. The minimum atomic E-state index is -2.90. The number of thiazole rings is 1. The van der Waals surface area contributed by atoms with E-state index in [4.69, 9.17) is 0 Å². The van der Waals surface area contributed by atoms with Crippen LogP contribution in [0.25, 0.3) is 11.3 Å². The molecule has 0 aliphatic heterocycles. The zero-order valence-corrected chi connectivity index (χ0v) is 16.1. The summed E-state index contributed by atoms with van der Waals surface area (Å²) in [5.74, 6) is -0.404. The maximum atomic E-state index is 12.3. The average molecular weight is 423 g/mol. The third kappa shape index (κ3) is 4.71. The zero-order chi connectivity index (χ0) is 21.1. The number of carbonyl (C=O) groups excluding carboxylic acids is 1. The Hall–Kier alpha value is -3.41. The molecule has 0 radical (unpaired) electrons. The standard InChI is InChI=1S/C17H15F2N5O4S/c1-9-15(24(26)27)10(2)23(22-9)7-14(25)21-17-20-13(8-29-17)11-3-5-12(6-4-11)28-16(18)19/h3-6,8,16H,7H2,1-2H3,(H,20,21,25). The second kappa shape index (κ2) is 8.31. The molecule has 12 heteroatoms. The van der Waals surface area contributed by atoms with Gasteiger partial charge in [-0.2, -0.15) is 13.9 Å². The number of nitro groups is 1. The number of rotatable bonds is 7. The Labute approximate surface area is 167 Å². The summed E-state index contributed by atoms with van der Waals surface area (Å²) in [5, 5.41) is 19.7. The van der Waals surface area contributed by atoms with E-state index in [1.54, 1.807) is 17.5 Å². The second-order valence-corrected chi connectivity index (χ2v) is 6.78. The van der Waals surface area contributed by atoms with E-state index in [9.17, 15) is 23.7 Å². The van der Waals surface area contributed by atoms with Crippen LogP contribution in [0, 0.1) is 24.0 Å². The van der Waals surface area contributed by atoms with E-state index in [1.165, 1.54) is 42.0 Å². The lowest BCUT2D eigenvalue weighted by atomic mass is 10.2. The largest absolute Gasteiger partial charge is 0.435 e. The summed E-state index contributed by atoms with van der Waals surface area (Å²) in [7, 11) is 0. The highest BCUT2D eigenvalue weighted by Crippen LogP contribution is 2.27. The summed E-state index contributed by atoms with van der Waals surface area (Å²) in [6.45, 7) is -0.0705. The molecule has 1 N–H and O–H groups in total. The van der Waals surface area contributed by atoms with E-state index in [-0.39, 0.29) is 29.4 Å². The molecule has 0 unspecified atom stereocenters. The van der Waals surface area contributed by atoms with Gasteiger partial charge in [-0.05, 0) is 38.1 Å². The van der Waals surface area contributed by atoms with Crippen molar-refractivity contribution in [1.29, 1.82) is 0 Å². The minimum absolute atomic E-state index is 0.0338. The van der Waals surface area contributed by atoms with Crippen molar-refractivity contribution in [2.45, 2.75) is 27.0 Å². The van der Waals surface area contributed by atoms with Gasteiger partial charge < -0.3 is 10.1 Å². The van der Waals surface area contributed by atoms with E-state index in [0.717, 1.165) is 0 Å². The summed E-state index contributed by atoms with van der Waals surface area (Å²) in [5.41, 5.74) is 1.62. The number of anilines is 1. The van der Waals surface area contributed by atoms with Crippen LogP contribution in [-0.2, 0) is 11.3 Å². The van der Waals surface area contributed by atoms with Crippen LogP contribution in [0.5, 0.6) is 5.75 Å². The van der Waals surface area contributed by atoms with Crippen LogP contribution < -0.4 is 10.1 Å². The Morgan fingerprint density at radius 1 is 1.34 bits per heavy atom. The molecular weight excluding hydrogens is 408 g/mol. The maximum absolute atomic E-state index is 12.3. The molecule has 0 spiro atoms. The van der Waals surface area contributed by atoms with E-state index in [2.05, 4.69) is 20.1 Å². The molecule has 0 bridgehead atoms. The lowest BCUT2D eigenvalue weighted by Crippen LogP contribution is -2.20. The first-order chi connectivity index (χ1) is 13.7. The maximum Gasteiger partial charge on any atom is 0.387 e. The highest BCUT2D eigenvalue weighted by Gasteiger charge is 2.23. The van der Waals surface area contributed by atoms with Crippen LogP contribution in [0.4, 0.5) is 19.6 Å². The van der Waals surface area contributed by atoms with Gasteiger partial charge in [0.25, 0.3) is 0 Å². The van der Waals surface area contributed by atoms with Crippen LogP contribution in [0.15, 0.2) is 29.6 Å². The molecule has 3 rings (SSSR count). The second-order valence-electron chi connectivity index (χ2n) is 5.92. The topological polar surface area (TPSA) is 112 Å². The van der Waals surface area contributed by atoms with Gasteiger partial charge in [-0.15, -0.1) is 11.3 Å². The molecule has 152 valence electrons. The van der Waals surface area contributed by atoms with Crippen LogP contribution in [0.2, 0.25) is 0 Å². The first-order valence-electron chi connectivity index (χ1n) is 8.23. The van der Waals surface area contributed by atoms with Gasteiger partial charge in [-0.1, -0.05) is 0 Å². The van der Waals surface area contributed by atoms with Crippen molar-refractivity contribution in [3.05, 3.63) is 51.1 Å². The molecule has 2 aromatic heterocycles. The van der Waals surface area contributed by atoms with Gasteiger partial charge in [0.15, 0.2) is 5.13 Å². The van der Waals surface area contributed by atoms with Gasteiger partial charge in [0, 0.05) is 10.9 Å². The molecule has 0 fully saturated rings. The van der Waals surface area contributed by atoms with Crippen LogP contribution in [-0.4, -0.2) is 32.2 Å². The van der Waals surface area contributed by atoms with Gasteiger partial charge in [0.1, 0.15) is 23.7 Å². The number of alkyl halides is 2. The first kappa shape index (κ1) is 20.3. The Bertz CT molecular complexity index is 1050. The molecule has 2 heterocycles. The van der Waals surface area contributed by atoms with Gasteiger partial charge >= 0.3 is 12.3 Å². The third-order valence-corrected chi connectivity index (χ3v) is 4.70. The minimum Gasteiger partial charge on any atom is -0.435 e. The first-order valence-corrected chi connectivity index (χ1v) is 9.11. The van der Waals surface area contributed by atoms with Crippen molar-refractivity contribution < 1.29 is 23.2 Å². The monoisotopic (exact) mass is 423 g/mol. The van der Waals surface area contributed by atoms with Crippen molar-refractivity contribution in [3.63, 3.8) is 0 Å². The average Bonchev–Trinajstić information content (AvgIpc) is 3.19. The van der Waals surface area contributed by atoms with E-state index in [1.807, 2.05) is 0 Å². The predicted octanol–water partition coefficient (Wildman–Crippen LogP) is 3.77. The number of halogens is 2. The molecule has 0 saturated carbocycles. The Balaban J connectivity index is 1.66. The molecule has 1 aromatic carbocycles. The zero-order valence-electron chi connectivity index (χ0n) is 15.3. The molecular formula is C17H15F2N5O4S. The lowest BCUT2D eigenvalue weighted by molar-refractivity contribution is -0.386. The molecule has 0 aliphatic rings. The van der Waals surface area contributed by atoms with E-state index < -0.39 is 17.4 Å². The predicted molar refractivity (Wildman–Crippen MR) is 101 cm³/mol. The summed E-state index contributed by atoms with van der Waals surface area (Å²) in [6, 6.07) is 5.95. The van der Waals surface area contributed by atoms with Crippen LogP contribution >= 0.6 is 11.3 Å². The fourth-order valence-corrected chi connectivity index (χ4v) is 3.41. The smallest absolute Gasteiger partial charge is 0.387 e. The van der Waals surface area contributed by atoms with Crippen LogP contribution in [0.1, 0.15) is 11.4 Å². The van der Waals surface area contributed by atoms with E-state index in [0.29, 0.717) is 16.4 Å². The highest BCUT2D eigenvalue weighted by molar-refractivity contribution is 7.14. The van der Waals surface area contributed by atoms with Crippen molar-refractivity contribution in [2.75, 3.05) is 5.32 Å². The summed E-state index contributed by atoms with van der Waals surface area (Å²) in [6.07, 6.45) is 0. The molecule has 0 aliphatic carbocycles. The molecule has 3 aromatic rings. The fourth-order valence-electron chi connectivity index (χ4n) is 2.67. The summed E-state index contributed by atoms with van der Waals surface area (Å²) in [4.78, 5) is 27.1. The van der Waals surface area contributed by atoms with Crippen LogP contribution in [0.3, 0.4) is 0 Å². The number of hydrogen-bond acceptors (Lipinski definition) is 7. The summed E-state index contributed by atoms with van der Waals surface area (Å²) >= 11 is 1.18. The number of benzene rings is 1. The fraction of sp³-hybridized carbons (Fsp3) is 0.235. The Morgan fingerprint density at radius 3 is 2.62 bits per heavy atom. The number of aryl methyl sites for hydroxylation is 1. The van der Waals surface area contributed by atoms with Crippen molar-refractivity contribution >= 4 is 28.1 Å². The molecule has 29 heavy (non-hydrogen) atoms. The van der Waals surface area contributed by atoms with Gasteiger partial charge in [0.2, 0.25) is 5.91 Å². The van der Waals surface area contributed by atoms with E-state index >= 15 is 0 Å².